The van der Waals surface area contributed by atoms with Crippen LogP contribution in [0.2, 0.25) is 0 Å². The smallest absolute Gasteiger partial charge is 0.00912 e. The third kappa shape index (κ3) is 0.924. The van der Waals surface area contributed by atoms with E-state index in [1.807, 2.05) is 0 Å². The van der Waals surface area contributed by atoms with Gasteiger partial charge in [0, 0.05) is 0 Å². The minimum absolute atomic E-state index is 0.932. The molecule has 6 atom stereocenters. The van der Waals surface area contributed by atoms with E-state index in [1.165, 1.54) is 12.8 Å². The van der Waals surface area contributed by atoms with Gasteiger partial charge in [-0.3, -0.25) is 0 Å². The first kappa shape index (κ1) is 9.27. The number of benzene rings is 1. The Labute approximate surface area is 98.1 Å². The summed E-state index contributed by atoms with van der Waals surface area (Å²) in [6, 6.07) is 9.20. The van der Waals surface area contributed by atoms with Gasteiger partial charge in [0.25, 0.3) is 0 Å². The van der Waals surface area contributed by atoms with E-state index in [4.69, 9.17) is 0 Å². The molecule has 1 aromatic rings. The van der Waals surface area contributed by atoms with Crippen LogP contribution < -0.4 is 0 Å². The van der Waals surface area contributed by atoms with Crippen LogP contribution in [0.5, 0.6) is 0 Å². The van der Waals surface area contributed by atoms with Gasteiger partial charge < -0.3 is 0 Å². The second-order valence-electron chi connectivity index (χ2n) is 6.41. The molecule has 3 aliphatic rings. The minimum Gasteiger partial charge on any atom is -0.0622 e. The molecule has 84 valence electrons. The van der Waals surface area contributed by atoms with Crippen molar-refractivity contribution in [1.82, 2.24) is 0 Å². The lowest BCUT2D eigenvalue weighted by Gasteiger charge is -2.47. The van der Waals surface area contributed by atoms with Gasteiger partial charge in [-0.15, -0.1) is 0 Å². The Bertz CT molecular complexity index is 433. The zero-order valence-electron chi connectivity index (χ0n) is 10.2. The van der Waals surface area contributed by atoms with Gasteiger partial charge in [0.15, 0.2) is 0 Å². The highest BCUT2D eigenvalue weighted by Crippen LogP contribution is 2.67. The van der Waals surface area contributed by atoms with Crippen molar-refractivity contribution in [3.8, 4) is 0 Å². The van der Waals surface area contributed by atoms with Crippen LogP contribution in [-0.2, 0) is 6.42 Å². The molecule has 1 aromatic carbocycles. The molecule has 0 nitrogen and oxygen atoms in total. The van der Waals surface area contributed by atoms with Crippen LogP contribution >= 0.6 is 0 Å². The molecule has 0 amide bonds. The van der Waals surface area contributed by atoms with E-state index < -0.39 is 0 Å². The Balaban J connectivity index is 1.75. The molecule has 0 aromatic heterocycles. The molecule has 2 unspecified atom stereocenters. The molecule has 4 rings (SSSR count). The maximum atomic E-state index is 2.49. The topological polar surface area (TPSA) is 0 Å². The zero-order valence-corrected chi connectivity index (χ0v) is 10.2. The summed E-state index contributed by atoms with van der Waals surface area (Å²) in [4.78, 5) is 0. The lowest BCUT2D eigenvalue weighted by molar-refractivity contribution is 0.0515. The molecule has 3 aliphatic carbocycles. The van der Waals surface area contributed by atoms with Gasteiger partial charge in [0.2, 0.25) is 0 Å². The first-order valence-corrected chi connectivity index (χ1v) is 6.85. The van der Waals surface area contributed by atoms with Gasteiger partial charge in [-0.05, 0) is 59.5 Å². The summed E-state index contributed by atoms with van der Waals surface area (Å²) in [5, 5.41) is 0. The van der Waals surface area contributed by atoms with Crippen molar-refractivity contribution in [3.63, 3.8) is 0 Å². The molecule has 0 bridgehead atoms. The third-order valence-corrected chi connectivity index (χ3v) is 5.94. The average molecular weight is 212 g/mol. The van der Waals surface area contributed by atoms with Crippen LogP contribution in [-0.4, -0.2) is 0 Å². The van der Waals surface area contributed by atoms with E-state index >= 15 is 0 Å². The van der Waals surface area contributed by atoms with Crippen LogP contribution in [0, 0.1) is 29.6 Å². The van der Waals surface area contributed by atoms with Crippen molar-refractivity contribution in [3.05, 3.63) is 35.4 Å². The van der Waals surface area contributed by atoms with E-state index in [-0.39, 0.29) is 0 Å². The molecule has 0 heterocycles. The van der Waals surface area contributed by atoms with Crippen LogP contribution in [0.25, 0.3) is 0 Å². The Morgan fingerprint density at radius 1 is 1.06 bits per heavy atom. The fourth-order valence-electron chi connectivity index (χ4n) is 5.05. The summed E-state index contributed by atoms with van der Waals surface area (Å²) in [5.41, 5.74) is 3.36. The molecule has 2 saturated carbocycles. The van der Waals surface area contributed by atoms with Crippen molar-refractivity contribution < 1.29 is 0 Å². The Morgan fingerprint density at radius 3 is 2.75 bits per heavy atom. The summed E-state index contributed by atoms with van der Waals surface area (Å²) in [6.07, 6.45) is 2.88. The molecule has 0 radical (unpaired) electrons. The monoisotopic (exact) mass is 212 g/mol. The highest BCUT2D eigenvalue weighted by atomic mass is 14.6. The Kier molecular flexibility index (Phi) is 1.69. The summed E-state index contributed by atoms with van der Waals surface area (Å²) in [6.45, 7) is 4.96. The Morgan fingerprint density at radius 2 is 1.88 bits per heavy atom. The van der Waals surface area contributed by atoms with E-state index in [0.29, 0.717) is 0 Å². The fourth-order valence-corrected chi connectivity index (χ4v) is 5.05. The van der Waals surface area contributed by atoms with Crippen LogP contribution in [0.3, 0.4) is 0 Å². The van der Waals surface area contributed by atoms with E-state index in [9.17, 15) is 0 Å². The van der Waals surface area contributed by atoms with Gasteiger partial charge >= 0.3 is 0 Å². The van der Waals surface area contributed by atoms with Crippen LogP contribution in [0.4, 0.5) is 0 Å². The predicted octanol–water partition coefficient (Wildman–Crippen LogP) is 3.86. The standard InChI is InChI=1S/C16H20/c1-9-7-13-14-8-11-5-3-4-6-12(11)16(14)15(13)10(9)2/h3-6,9-10,13-16H,7-8H2,1-2H3/t9-,10-,13?,14+,15-,16?/m0/s1. The van der Waals surface area contributed by atoms with E-state index in [2.05, 4.69) is 38.1 Å². The van der Waals surface area contributed by atoms with Gasteiger partial charge in [-0.2, -0.15) is 0 Å². The summed E-state index contributed by atoms with van der Waals surface area (Å²) in [7, 11) is 0. The first-order valence-electron chi connectivity index (χ1n) is 6.85. The summed E-state index contributed by atoms with van der Waals surface area (Å²) in [5.74, 6) is 5.94. The number of hydrogen-bond donors (Lipinski definition) is 0. The number of rotatable bonds is 0. The maximum Gasteiger partial charge on any atom is -0.00912 e. The van der Waals surface area contributed by atoms with E-state index in [1.54, 1.807) is 11.1 Å². The normalized spacial score (nSPS) is 48.1. The molecule has 0 heteroatoms. The van der Waals surface area contributed by atoms with Crippen molar-refractivity contribution in [1.29, 1.82) is 0 Å². The second kappa shape index (κ2) is 2.91. The highest BCUT2D eigenvalue weighted by Gasteiger charge is 2.59. The van der Waals surface area contributed by atoms with Crippen LogP contribution in [0.1, 0.15) is 37.3 Å². The van der Waals surface area contributed by atoms with Crippen molar-refractivity contribution in [2.75, 3.05) is 0 Å². The highest BCUT2D eigenvalue weighted by molar-refractivity contribution is 5.41. The Hall–Kier alpha value is -0.780. The minimum atomic E-state index is 0.932. The fraction of sp³-hybridized carbons (Fsp3) is 0.625. The molecular formula is C16H20. The number of hydrogen-bond acceptors (Lipinski definition) is 0. The molecule has 0 spiro atoms. The molecule has 0 saturated heterocycles. The van der Waals surface area contributed by atoms with Crippen molar-refractivity contribution in [2.24, 2.45) is 29.6 Å². The summed E-state index contributed by atoms with van der Waals surface area (Å²) >= 11 is 0. The summed E-state index contributed by atoms with van der Waals surface area (Å²) < 4.78 is 0. The molecule has 0 N–H and O–H groups in total. The average Bonchev–Trinajstić information content (AvgIpc) is 2.72. The van der Waals surface area contributed by atoms with Crippen LogP contribution in [0.15, 0.2) is 24.3 Å². The van der Waals surface area contributed by atoms with E-state index in [0.717, 1.165) is 35.5 Å². The molecule has 2 fully saturated rings. The van der Waals surface area contributed by atoms with Gasteiger partial charge in [0.1, 0.15) is 0 Å². The second-order valence-corrected chi connectivity index (χ2v) is 6.41. The zero-order chi connectivity index (χ0) is 10.9. The lowest BCUT2D eigenvalue weighted by atomic mass is 9.57. The van der Waals surface area contributed by atoms with Gasteiger partial charge in [-0.1, -0.05) is 38.1 Å². The molecule has 0 aliphatic heterocycles. The van der Waals surface area contributed by atoms with Gasteiger partial charge in [0.05, 0.1) is 0 Å². The third-order valence-electron chi connectivity index (χ3n) is 5.94. The SMILES string of the molecule is C[C@@H]1[C@H]2C(C[C@@H]1C)[C@H]1Cc3ccccc3C12. The van der Waals surface area contributed by atoms with Crippen molar-refractivity contribution >= 4 is 0 Å². The lowest BCUT2D eigenvalue weighted by Crippen LogP contribution is -2.41. The number of fused-ring (bicyclic) bond motifs is 6. The first-order chi connectivity index (χ1) is 7.77. The molecule has 16 heavy (non-hydrogen) atoms. The maximum absolute atomic E-state index is 2.49. The van der Waals surface area contributed by atoms with Crippen molar-refractivity contribution in [2.45, 2.75) is 32.6 Å². The molecular weight excluding hydrogens is 192 g/mol. The largest absolute Gasteiger partial charge is 0.0622 e. The predicted molar refractivity (Wildman–Crippen MR) is 66.3 cm³/mol. The van der Waals surface area contributed by atoms with Gasteiger partial charge in [-0.25, -0.2) is 0 Å². The quantitative estimate of drug-likeness (QED) is 0.612.